The first-order chi connectivity index (χ1) is 11.5. The highest BCUT2D eigenvalue weighted by Gasteiger charge is 2.13. The van der Waals surface area contributed by atoms with Crippen molar-refractivity contribution >= 4 is 11.7 Å². The van der Waals surface area contributed by atoms with E-state index in [2.05, 4.69) is 10.6 Å². The molecule has 1 aliphatic heterocycles. The highest BCUT2D eigenvalue weighted by molar-refractivity contribution is 5.89. The van der Waals surface area contributed by atoms with Crippen LogP contribution in [0.5, 0.6) is 0 Å². The van der Waals surface area contributed by atoms with Gasteiger partial charge >= 0.3 is 6.03 Å². The van der Waals surface area contributed by atoms with E-state index >= 15 is 0 Å². The highest BCUT2D eigenvalue weighted by atomic mass is 16.5. The Morgan fingerprint density at radius 3 is 2.58 bits per heavy atom. The zero-order chi connectivity index (χ0) is 17.1. The summed E-state index contributed by atoms with van der Waals surface area (Å²) in [6.07, 6.45) is -0.734. The molecular formula is C19H22N2O3. The number of aryl methyl sites for hydroxylation is 2. The summed E-state index contributed by atoms with van der Waals surface area (Å²) in [6, 6.07) is 11.3. The molecule has 0 aromatic heterocycles. The molecule has 3 N–H and O–H groups in total. The van der Waals surface area contributed by atoms with E-state index in [4.69, 9.17) is 4.74 Å². The van der Waals surface area contributed by atoms with Crippen LogP contribution in [0.3, 0.4) is 0 Å². The van der Waals surface area contributed by atoms with E-state index in [1.165, 1.54) is 0 Å². The van der Waals surface area contributed by atoms with Gasteiger partial charge in [-0.1, -0.05) is 35.4 Å². The van der Waals surface area contributed by atoms with Crippen LogP contribution >= 0.6 is 0 Å². The first-order valence-electron chi connectivity index (χ1n) is 8.02. The van der Waals surface area contributed by atoms with Gasteiger partial charge in [-0.2, -0.15) is 0 Å². The zero-order valence-corrected chi connectivity index (χ0v) is 13.9. The molecule has 0 spiro atoms. The zero-order valence-electron chi connectivity index (χ0n) is 13.9. The number of nitrogens with one attached hydrogen (secondary N) is 2. The second kappa shape index (κ2) is 7.03. The fraction of sp³-hybridized carbons (Fsp3) is 0.316. The summed E-state index contributed by atoms with van der Waals surface area (Å²) in [5.41, 5.74) is 5.97. The molecule has 5 nitrogen and oxygen atoms in total. The van der Waals surface area contributed by atoms with E-state index in [1.54, 1.807) is 0 Å². The van der Waals surface area contributed by atoms with Crippen LogP contribution in [0.1, 0.15) is 33.9 Å². The number of aliphatic hydroxyl groups is 1. The van der Waals surface area contributed by atoms with Gasteiger partial charge < -0.3 is 20.5 Å². The maximum Gasteiger partial charge on any atom is 0.319 e. The van der Waals surface area contributed by atoms with E-state index in [-0.39, 0.29) is 12.6 Å². The van der Waals surface area contributed by atoms with Crippen LogP contribution in [0.15, 0.2) is 36.4 Å². The minimum atomic E-state index is -0.734. The molecule has 24 heavy (non-hydrogen) atoms. The lowest BCUT2D eigenvalue weighted by atomic mass is 10.0. The van der Waals surface area contributed by atoms with Gasteiger partial charge in [-0.3, -0.25) is 0 Å². The van der Waals surface area contributed by atoms with E-state index in [9.17, 15) is 9.90 Å². The number of hydrogen-bond donors (Lipinski definition) is 3. The molecule has 3 rings (SSSR count). The number of fused-ring (bicyclic) bond motifs is 1. The van der Waals surface area contributed by atoms with Crippen molar-refractivity contribution in [1.82, 2.24) is 5.32 Å². The summed E-state index contributed by atoms with van der Waals surface area (Å²) in [7, 11) is 0. The molecule has 1 atom stereocenters. The molecule has 0 saturated heterocycles. The van der Waals surface area contributed by atoms with Gasteiger partial charge in [-0.25, -0.2) is 4.79 Å². The number of amides is 2. The SMILES string of the molecule is Cc1cc(C)cc([C@@H](O)CNC(=O)Nc2ccc3c(c2)COC3)c1. The topological polar surface area (TPSA) is 70.6 Å². The van der Waals surface area contributed by atoms with E-state index in [0.29, 0.717) is 13.2 Å². The van der Waals surface area contributed by atoms with Crippen LogP contribution < -0.4 is 10.6 Å². The normalized spacial score (nSPS) is 14.1. The van der Waals surface area contributed by atoms with Crippen LogP contribution in [-0.2, 0) is 18.0 Å². The third-order valence-electron chi connectivity index (χ3n) is 4.06. The lowest BCUT2D eigenvalue weighted by molar-refractivity contribution is 0.134. The fourth-order valence-corrected chi connectivity index (χ4v) is 2.93. The minimum Gasteiger partial charge on any atom is -0.387 e. The summed E-state index contributed by atoms with van der Waals surface area (Å²) in [4.78, 5) is 12.0. The van der Waals surface area contributed by atoms with Gasteiger partial charge in [0.25, 0.3) is 0 Å². The largest absolute Gasteiger partial charge is 0.387 e. The Labute approximate surface area is 141 Å². The number of anilines is 1. The van der Waals surface area contributed by atoms with Gasteiger partial charge in [0.1, 0.15) is 0 Å². The maximum absolute atomic E-state index is 12.0. The molecule has 126 valence electrons. The summed E-state index contributed by atoms with van der Waals surface area (Å²) < 4.78 is 5.36. The second-order valence-corrected chi connectivity index (χ2v) is 6.25. The van der Waals surface area contributed by atoms with Gasteiger partial charge in [0, 0.05) is 12.2 Å². The second-order valence-electron chi connectivity index (χ2n) is 6.25. The molecule has 2 aromatic rings. The number of hydrogen-bond acceptors (Lipinski definition) is 3. The Morgan fingerprint density at radius 2 is 1.83 bits per heavy atom. The van der Waals surface area contributed by atoms with Crippen molar-refractivity contribution in [2.24, 2.45) is 0 Å². The number of carbonyl (C=O) groups is 1. The summed E-state index contributed by atoms with van der Waals surface area (Å²) in [5.74, 6) is 0. The van der Waals surface area contributed by atoms with E-state index in [0.717, 1.165) is 33.5 Å². The fourth-order valence-electron chi connectivity index (χ4n) is 2.93. The molecule has 0 aliphatic carbocycles. The number of ether oxygens (including phenoxy) is 1. The van der Waals surface area contributed by atoms with Crippen LogP contribution in [0.4, 0.5) is 10.5 Å². The van der Waals surface area contributed by atoms with Crippen molar-refractivity contribution < 1.29 is 14.6 Å². The Balaban J connectivity index is 1.55. The maximum atomic E-state index is 12.0. The number of rotatable bonds is 4. The number of carbonyl (C=O) groups excluding carboxylic acids is 1. The monoisotopic (exact) mass is 326 g/mol. The minimum absolute atomic E-state index is 0.156. The Bertz CT molecular complexity index is 738. The summed E-state index contributed by atoms with van der Waals surface area (Å²) in [6.45, 7) is 5.34. The molecule has 0 bridgehead atoms. The molecule has 1 heterocycles. The third-order valence-corrected chi connectivity index (χ3v) is 4.06. The third kappa shape index (κ3) is 3.93. The summed E-state index contributed by atoms with van der Waals surface area (Å²) >= 11 is 0. The number of benzene rings is 2. The quantitative estimate of drug-likeness (QED) is 0.808. The van der Waals surface area contributed by atoms with Crippen molar-refractivity contribution in [2.45, 2.75) is 33.2 Å². The smallest absolute Gasteiger partial charge is 0.319 e. The molecule has 1 aliphatic rings. The molecule has 0 radical (unpaired) electrons. The number of aliphatic hydroxyl groups excluding tert-OH is 1. The lowest BCUT2D eigenvalue weighted by Crippen LogP contribution is -2.32. The predicted molar refractivity (Wildman–Crippen MR) is 92.8 cm³/mol. The van der Waals surface area contributed by atoms with Gasteiger partial charge in [-0.05, 0) is 42.7 Å². The van der Waals surface area contributed by atoms with Crippen LogP contribution in [0, 0.1) is 13.8 Å². The van der Waals surface area contributed by atoms with Crippen molar-refractivity contribution in [3.63, 3.8) is 0 Å². The van der Waals surface area contributed by atoms with Crippen molar-refractivity contribution in [1.29, 1.82) is 0 Å². The Morgan fingerprint density at radius 1 is 1.12 bits per heavy atom. The molecule has 2 amide bonds. The molecule has 2 aromatic carbocycles. The molecule has 5 heteroatoms. The van der Waals surface area contributed by atoms with Crippen LogP contribution in [0.25, 0.3) is 0 Å². The van der Waals surface area contributed by atoms with Gasteiger partial charge in [-0.15, -0.1) is 0 Å². The van der Waals surface area contributed by atoms with Gasteiger partial charge in [0.05, 0.1) is 19.3 Å². The molecule has 0 fully saturated rings. The highest BCUT2D eigenvalue weighted by Crippen LogP contribution is 2.23. The molecule has 0 saturated carbocycles. The average molecular weight is 326 g/mol. The molecular weight excluding hydrogens is 304 g/mol. The van der Waals surface area contributed by atoms with Gasteiger partial charge in [0.2, 0.25) is 0 Å². The number of urea groups is 1. The Kier molecular flexibility index (Phi) is 4.83. The first kappa shape index (κ1) is 16.5. The standard InChI is InChI=1S/C19H22N2O3/c1-12-5-13(2)7-15(6-12)18(22)9-20-19(23)21-17-4-3-14-10-24-11-16(14)8-17/h3-8,18,22H,9-11H2,1-2H3,(H2,20,21,23)/t18-/m0/s1. The van der Waals surface area contributed by atoms with Crippen molar-refractivity contribution in [3.05, 3.63) is 64.2 Å². The first-order valence-corrected chi connectivity index (χ1v) is 8.02. The van der Waals surface area contributed by atoms with Crippen LogP contribution in [0.2, 0.25) is 0 Å². The van der Waals surface area contributed by atoms with E-state index in [1.807, 2.05) is 50.2 Å². The van der Waals surface area contributed by atoms with Crippen LogP contribution in [-0.4, -0.2) is 17.7 Å². The predicted octanol–water partition coefficient (Wildman–Crippen LogP) is 3.19. The summed E-state index contributed by atoms with van der Waals surface area (Å²) in [5, 5.41) is 15.7. The van der Waals surface area contributed by atoms with Crippen molar-refractivity contribution in [3.8, 4) is 0 Å². The van der Waals surface area contributed by atoms with E-state index < -0.39 is 6.10 Å². The average Bonchev–Trinajstić information content (AvgIpc) is 2.99. The lowest BCUT2D eigenvalue weighted by Gasteiger charge is -2.14. The molecule has 0 unspecified atom stereocenters. The Hall–Kier alpha value is -2.37. The van der Waals surface area contributed by atoms with Gasteiger partial charge in [0.15, 0.2) is 0 Å². The van der Waals surface area contributed by atoms with Crippen molar-refractivity contribution in [2.75, 3.05) is 11.9 Å².